The molecule has 1 heterocycles. The summed E-state index contributed by atoms with van der Waals surface area (Å²) in [6.07, 6.45) is 2.13. The number of amides is 1. The fourth-order valence-corrected chi connectivity index (χ4v) is 2.75. The highest BCUT2D eigenvalue weighted by atomic mass is 35.5. The number of nitrogens with one attached hydrogen (secondary N) is 1. The molecule has 1 saturated carbocycles. The zero-order valence-electron chi connectivity index (χ0n) is 11.4. The van der Waals surface area contributed by atoms with E-state index in [4.69, 9.17) is 17.4 Å². The first-order valence-electron chi connectivity index (χ1n) is 6.62. The highest BCUT2D eigenvalue weighted by molar-refractivity contribution is 7.99. The van der Waals surface area contributed by atoms with E-state index in [0.29, 0.717) is 16.1 Å². The van der Waals surface area contributed by atoms with E-state index in [1.165, 1.54) is 22.9 Å². The van der Waals surface area contributed by atoms with Crippen LogP contribution in [-0.2, 0) is 4.79 Å². The Morgan fingerprint density at radius 1 is 1.50 bits per heavy atom. The topological polar surface area (TPSA) is 85.8 Å². The minimum absolute atomic E-state index is 0.0472. The summed E-state index contributed by atoms with van der Waals surface area (Å²) in [5.41, 5.74) is 0.0472. The number of halogens is 2. The number of thioether (sulfide) groups is 1. The number of nitrogens with zero attached hydrogens (tertiary/aromatic N) is 3. The van der Waals surface area contributed by atoms with Gasteiger partial charge in [-0.1, -0.05) is 23.4 Å². The van der Waals surface area contributed by atoms with E-state index in [1.807, 2.05) is 0 Å². The maximum atomic E-state index is 13.5. The van der Waals surface area contributed by atoms with Crippen LogP contribution < -0.4 is 11.2 Å². The molecule has 0 aliphatic heterocycles. The van der Waals surface area contributed by atoms with Crippen LogP contribution in [0.15, 0.2) is 23.4 Å². The van der Waals surface area contributed by atoms with Crippen molar-refractivity contribution in [3.63, 3.8) is 0 Å². The fourth-order valence-electron chi connectivity index (χ4n) is 1.92. The molecule has 0 saturated heterocycles. The van der Waals surface area contributed by atoms with Crippen molar-refractivity contribution in [3.05, 3.63) is 34.9 Å². The second-order valence-electron chi connectivity index (χ2n) is 4.95. The largest absolute Gasteiger partial charge is 0.336 e. The Labute approximate surface area is 135 Å². The zero-order valence-corrected chi connectivity index (χ0v) is 13.0. The van der Waals surface area contributed by atoms with Gasteiger partial charge in [0.05, 0.1) is 11.4 Å². The predicted molar refractivity (Wildman–Crippen MR) is 82.9 cm³/mol. The number of benzene rings is 1. The number of rotatable bonds is 5. The van der Waals surface area contributed by atoms with E-state index in [-0.39, 0.29) is 17.3 Å². The van der Waals surface area contributed by atoms with Gasteiger partial charge in [0.2, 0.25) is 11.1 Å². The smallest absolute Gasteiger partial charge is 0.234 e. The lowest BCUT2D eigenvalue weighted by molar-refractivity contribution is -0.113. The lowest BCUT2D eigenvalue weighted by Crippen LogP contribution is -2.17. The standard InChI is InChI=1S/C13H13ClFN5OS/c14-8-3-4-9(15)10(5-8)17-11(21)6-22-13-19-18-12(20(13)16)7-1-2-7/h3-5,7H,1-2,6,16H2,(H,17,21). The van der Waals surface area contributed by atoms with Crippen LogP contribution in [0.5, 0.6) is 0 Å². The molecule has 1 aliphatic rings. The number of carbonyl (C=O) groups excluding carboxylic acids is 1. The van der Waals surface area contributed by atoms with E-state index in [1.54, 1.807) is 0 Å². The Hall–Kier alpha value is -1.80. The summed E-state index contributed by atoms with van der Waals surface area (Å²) in [4.78, 5) is 11.9. The van der Waals surface area contributed by atoms with Crippen molar-refractivity contribution in [1.82, 2.24) is 14.9 Å². The molecule has 0 spiro atoms. The number of hydrogen-bond donors (Lipinski definition) is 2. The van der Waals surface area contributed by atoms with Gasteiger partial charge in [0.1, 0.15) is 5.82 Å². The maximum Gasteiger partial charge on any atom is 0.234 e. The third-order valence-electron chi connectivity index (χ3n) is 3.17. The molecule has 0 bridgehead atoms. The van der Waals surface area contributed by atoms with E-state index < -0.39 is 5.82 Å². The number of nitrogen functional groups attached to an aromatic ring is 1. The summed E-state index contributed by atoms with van der Waals surface area (Å²) in [7, 11) is 0. The third kappa shape index (κ3) is 3.33. The van der Waals surface area contributed by atoms with Gasteiger partial charge in [0.15, 0.2) is 5.82 Å². The van der Waals surface area contributed by atoms with Gasteiger partial charge in [-0.3, -0.25) is 4.79 Å². The van der Waals surface area contributed by atoms with Gasteiger partial charge >= 0.3 is 0 Å². The SMILES string of the molecule is Nn1c(SCC(=O)Nc2cc(Cl)ccc2F)nnc1C1CC1. The first kappa shape index (κ1) is 15.1. The minimum Gasteiger partial charge on any atom is -0.336 e. The lowest BCUT2D eigenvalue weighted by Gasteiger charge is -2.06. The van der Waals surface area contributed by atoms with Crippen LogP contribution in [0.25, 0.3) is 0 Å². The van der Waals surface area contributed by atoms with Gasteiger partial charge < -0.3 is 11.2 Å². The first-order valence-corrected chi connectivity index (χ1v) is 7.99. The molecule has 1 fully saturated rings. The molecule has 0 radical (unpaired) electrons. The van der Waals surface area contributed by atoms with E-state index in [2.05, 4.69) is 15.5 Å². The maximum absolute atomic E-state index is 13.5. The quantitative estimate of drug-likeness (QED) is 0.644. The van der Waals surface area contributed by atoms with Crippen molar-refractivity contribution in [3.8, 4) is 0 Å². The van der Waals surface area contributed by atoms with Gasteiger partial charge in [0, 0.05) is 10.9 Å². The Morgan fingerprint density at radius 2 is 2.27 bits per heavy atom. The lowest BCUT2D eigenvalue weighted by atomic mass is 10.3. The second-order valence-corrected chi connectivity index (χ2v) is 6.33. The normalized spacial score (nSPS) is 14.1. The minimum atomic E-state index is -0.541. The molecule has 0 atom stereocenters. The van der Waals surface area contributed by atoms with Crippen molar-refractivity contribution < 1.29 is 9.18 Å². The van der Waals surface area contributed by atoms with Crippen molar-refractivity contribution in [1.29, 1.82) is 0 Å². The molecule has 3 rings (SSSR count). The van der Waals surface area contributed by atoms with Crippen molar-refractivity contribution in [2.24, 2.45) is 0 Å². The van der Waals surface area contributed by atoms with Gasteiger partial charge in [-0.05, 0) is 31.0 Å². The van der Waals surface area contributed by atoms with Crippen molar-refractivity contribution >= 4 is 35.0 Å². The highest BCUT2D eigenvalue weighted by Gasteiger charge is 2.30. The number of aromatic nitrogens is 3. The number of nitrogens with two attached hydrogens (primary N) is 1. The molecule has 1 aliphatic carbocycles. The summed E-state index contributed by atoms with van der Waals surface area (Å²) in [6, 6.07) is 3.97. The Morgan fingerprint density at radius 3 is 3.00 bits per heavy atom. The van der Waals surface area contributed by atoms with Crippen LogP contribution >= 0.6 is 23.4 Å². The van der Waals surface area contributed by atoms with Crippen LogP contribution in [0, 0.1) is 5.82 Å². The van der Waals surface area contributed by atoms with Gasteiger partial charge in [-0.15, -0.1) is 10.2 Å². The first-order chi connectivity index (χ1) is 10.5. The van der Waals surface area contributed by atoms with Crippen LogP contribution in [0.4, 0.5) is 10.1 Å². The predicted octanol–water partition coefficient (Wildman–Crippen LogP) is 2.39. The molecule has 116 valence electrons. The third-order valence-corrected chi connectivity index (χ3v) is 4.35. The number of anilines is 1. The Bertz CT molecular complexity index is 718. The molecule has 1 aromatic carbocycles. The van der Waals surface area contributed by atoms with E-state index in [0.717, 1.165) is 30.4 Å². The molecule has 2 aromatic rings. The number of carbonyl (C=O) groups is 1. The Kier molecular flexibility index (Phi) is 4.21. The van der Waals surface area contributed by atoms with E-state index >= 15 is 0 Å². The number of hydrogen-bond acceptors (Lipinski definition) is 5. The summed E-state index contributed by atoms with van der Waals surface area (Å²) in [6.45, 7) is 0. The molecule has 22 heavy (non-hydrogen) atoms. The molecule has 9 heteroatoms. The van der Waals surface area contributed by atoms with Crippen LogP contribution in [0.1, 0.15) is 24.6 Å². The summed E-state index contributed by atoms with van der Waals surface area (Å²) < 4.78 is 14.9. The molecular formula is C13H13ClFN5OS. The zero-order chi connectivity index (χ0) is 15.7. The molecule has 1 amide bonds. The molecular weight excluding hydrogens is 329 g/mol. The van der Waals surface area contributed by atoms with Crippen LogP contribution in [0.2, 0.25) is 5.02 Å². The van der Waals surface area contributed by atoms with Crippen LogP contribution in [0.3, 0.4) is 0 Å². The van der Waals surface area contributed by atoms with Gasteiger partial charge in [0.25, 0.3) is 0 Å². The summed E-state index contributed by atoms with van der Waals surface area (Å²) in [5, 5.41) is 11.3. The monoisotopic (exact) mass is 341 g/mol. The molecule has 6 nitrogen and oxygen atoms in total. The Balaban J connectivity index is 1.59. The average molecular weight is 342 g/mol. The summed E-state index contributed by atoms with van der Waals surface area (Å²) in [5.74, 6) is 6.14. The molecule has 3 N–H and O–H groups in total. The van der Waals surface area contributed by atoms with Gasteiger partial charge in [-0.2, -0.15) is 0 Å². The summed E-state index contributed by atoms with van der Waals surface area (Å²) >= 11 is 6.92. The average Bonchev–Trinajstić information content (AvgIpc) is 3.25. The van der Waals surface area contributed by atoms with Crippen LogP contribution in [-0.4, -0.2) is 26.5 Å². The fraction of sp³-hybridized carbons (Fsp3) is 0.308. The van der Waals surface area contributed by atoms with Gasteiger partial charge in [-0.25, -0.2) is 9.07 Å². The second kappa shape index (κ2) is 6.13. The van der Waals surface area contributed by atoms with Crippen molar-refractivity contribution in [2.45, 2.75) is 23.9 Å². The molecule has 0 unspecified atom stereocenters. The molecule has 1 aromatic heterocycles. The van der Waals surface area contributed by atoms with Crippen molar-refractivity contribution in [2.75, 3.05) is 16.9 Å². The highest BCUT2D eigenvalue weighted by Crippen LogP contribution is 2.39. The van der Waals surface area contributed by atoms with E-state index in [9.17, 15) is 9.18 Å².